The normalized spacial score (nSPS) is 21.1. The summed E-state index contributed by atoms with van der Waals surface area (Å²) < 4.78 is 11.1. The summed E-state index contributed by atoms with van der Waals surface area (Å²) in [4.78, 5) is 25.5. The second kappa shape index (κ2) is 16.6. The molecular weight excluding hydrogens is 436 g/mol. The van der Waals surface area contributed by atoms with Crippen LogP contribution in [0, 0.1) is 17.4 Å². The van der Waals surface area contributed by atoms with Gasteiger partial charge in [0.05, 0.1) is 18.8 Å². The van der Waals surface area contributed by atoms with Crippen LogP contribution >= 0.6 is 0 Å². The molecule has 188 valence electrons. The Balaban J connectivity index is 0.00000322. The first-order valence-electron chi connectivity index (χ1n) is 10.5. The van der Waals surface area contributed by atoms with E-state index < -0.39 is 30.3 Å². The first kappa shape index (κ1) is 30.0. The first-order valence-corrected chi connectivity index (χ1v) is 10.5. The second-order valence-corrected chi connectivity index (χ2v) is 7.38. The van der Waals surface area contributed by atoms with E-state index in [1.807, 2.05) is 13.8 Å². The minimum absolute atomic E-state index is 0.159. The predicted molar refractivity (Wildman–Crippen MR) is 119 cm³/mol. The molecule has 0 bridgehead atoms. The summed E-state index contributed by atoms with van der Waals surface area (Å²) in [6.45, 7) is 8.08. The maximum absolute atomic E-state index is 11.4. The zero-order chi connectivity index (χ0) is 25.4. The van der Waals surface area contributed by atoms with Gasteiger partial charge in [-0.1, -0.05) is 26.8 Å². The number of unbranched alkanes of at least 4 members (excludes halogenated alkanes) is 1. The van der Waals surface area contributed by atoms with Crippen LogP contribution in [0.2, 0.25) is 0 Å². The fraction of sp³-hybridized carbons (Fsp3) is 0.667. The number of aliphatic carboxylic acids is 1. The quantitative estimate of drug-likeness (QED) is 0.0463. The van der Waals surface area contributed by atoms with E-state index in [0.717, 1.165) is 19.1 Å². The number of hydrogen-bond acceptors (Lipinski definition) is 9. The van der Waals surface area contributed by atoms with Gasteiger partial charge in [0.15, 0.2) is 5.96 Å². The van der Waals surface area contributed by atoms with Crippen molar-refractivity contribution in [3.05, 3.63) is 24.2 Å². The lowest BCUT2D eigenvalue weighted by Gasteiger charge is -2.38. The third kappa shape index (κ3) is 11.4. The summed E-state index contributed by atoms with van der Waals surface area (Å²) >= 11 is 0. The highest BCUT2D eigenvalue weighted by atomic mass is 17.2. The highest BCUT2D eigenvalue weighted by Gasteiger charge is 2.41. The minimum Gasteiger partial charge on any atom is -0.480 e. The topological polar surface area (TPSA) is 203 Å². The molecule has 5 atom stereocenters. The smallest absolute Gasteiger partial charge is 0.370 e. The van der Waals surface area contributed by atoms with E-state index in [-0.39, 0.29) is 17.6 Å². The van der Waals surface area contributed by atoms with Gasteiger partial charge in [-0.2, -0.15) is 10.1 Å². The molecule has 0 unspecified atom stereocenters. The minimum atomic E-state index is -1.24. The van der Waals surface area contributed by atoms with Gasteiger partial charge in [-0.25, -0.2) is 9.79 Å². The van der Waals surface area contributed by atoms with Crippen molar-refractivity contribution in [1.29, 1.82) is 5.26 Å². The number of nitriles is 1. The number of hydrogen-bond donors (Lipinski definition) is 5. The number of methoxy groups -OCH3 is 1. The number of allylic oxidation sites excluding steroid dienone is 1. The molecule has 0 aliphatic carbocycles. The summed E-state index contributed by atoms with van der Waals surface area (Å²) in [5, 5.41) is 33.8. The number of guanidine groups is 1. The molecule has 7 N–H and O–H groups in total. The summed E-state index contributed by atoms with van der Waals surface area (Å²) in [6, 6.07) is -0.603. The number of nitrogens with zero attached hydrogens (tertiary/aromatic N) is 2. The number of carbonyl (C=O) groups is 1. The van der Waals surface area contributed by atoms with Gasteiger partial charge in [0.2, 0.25) is 5.76 Å². The molecule has 0 amide bonds. The van der Waals surface area contributed by atoms with Crippen LogP contribution < -0.4 is 11.5 Å². The van der Waals surface area contributed by atoms with E-state index >= 15 is 0 Å². The number of carboxylic acid groups (broad SMARTS) is 1. The van der Waals surface area contributed by atoms with E-state index in [1.165, 1.54) is 13.2 Å². The van der Waals surface area contributed by atoms with Crippen LogP contribution in [-0.4, -0.2) is 65.3 Å². The van der Waals surface area contributed by atoms with E-state index in [2.05, 4.69) is 11.6 Å². The van der Waals surface area contributed by atoms with Gasteiger partial charge < -0.3 is 41.1 Å². The molecule has 0 aromatic heterocycles. The number of carboxylic acids is 1. The Bertz CT molecular complexity index is 703. The molecule has 1 aliphatic heterocycles. The standard InChI is InChI=1S/C20H35N3O7.CHNO/c1-5-10-28-30-12(2)8-6-7-9-15(24)18(27-4)17-13(3)14(23-20(21)22)11-16(29-17)19(25)26;2-1-3/h11,13-15,17-18,24H,2,5-10H2,1,3-4H3,(H,25,26)(H4,21,22,23);3H/t13-,14+,15-,17-,18-;/m1./s1. The summed E-state index contributed by atoms with van der Waals surface area (Å²) in [6.07, 6.45) is 3.02. The van der Waals surface area contributed by atoms with Crippen LogP contribution in [0.4, 0.5) is 0 Å². The van der Waals surface area contributed by atoms with Gasteiger partial charge in [0, 0.05) is 19.4 Å². The highest BCUT2D eigenvalue weighted by Crippen LogP contribution is 2.31. The Hall–Kier alpha value is -3.01. The Labute approximate surface area is 194 Å². The number of aliphatic imine (C=N–C) groups is 1. The van der Waals surface area contributed by atoms with Crippen LogP contribution in [0.25, 0.3) is 0 Å². The number of aliphatic hydroxyl groups excluding tert-OH is 2. The fourth-order valence-electron chi connectivity index (χ4n) is 3.21. The van der Waals surface area contributed by atoms with Crippen LogP contribution in [0.15, 0.2) is 29.2 Å². The molecule has 0 fully saturated rings. The van der Waals surface area contributed by atoms with Gasteiger partial charge in [-0.3, -0.25) is 0 Å². The van der Waals surface area contributed by atoms with Crippen molar-refractivity contribution in [2.45, 2.75) is 70.3 Å². The maximum atomic E-state index is 11.4. The maximum Gasteiger partial charge on any atom is 0.370 e. The SMILES string of the molecule is C=C(CCCC[C@@H](O)[C@@H](OC)[C@@H]1OC(C(=O)O)=C[C@H](N=C(N)N)[C@H]1C)OOCCC.N#CO. The summed E-state index contributed by atoms with van der Waals surface area (Å²) in [5.74, 6) is -1.47. The highest BCUT2D eigenvalue weighted by molar-refractivity contribution is 5.85. The van der Waals surface area contributed by atoms with E-state index in [4.69, 9.17) is 41.1 Å². The zero-order valence-corrected chi connectivity index (χ0v) is 19.3. The molecule has 12 nitrogen and oxygen atoms in total. The fourth-order valence-corrected chi connectivity index (χ4v) is 3.21. The van der Waals surface area contributed by atoms with Crippen molar-refractivity contribution in [2.24, 2.45) is 22.4 Å². The Morgan fingerprint density at radius 1 is 1.42 bits per heavy atom. The molecule has 1 aliphatic rings. The van der Waals surface area contributed by atoms with Gasteiger partial charge in [0.25, 0.3) is 6.26 Å². The zero-order valence-electron chi connectivity index (χ0n) is 19.3. The van der Waals surface area contributed by atoms with Crippen molar-refractivity contribution in [3.63, 3.8) is 0 Å². The summed E-state index contributed by atoms with van der Waals surface area (Å²) in [5.41, 5.74) is 10.9. The molecule has 1 heterocycles. The average Bonchev–Trinajstić information content (AvgIpc) is 2.74. The van der Waals surface area contributed by atoms with Gasteiger partial charge in [0.1, 0.15) is 18.0 Å². The number of ether oxygens (including phenoxy) is 2. The van der Waals surface area contributed by atoms with Gasteiger partial charge >= 0.3 is 5.97 Å². The predicted octanol–water partition coefficient (Wildman–Crippen LogP) is 1.28. The van der Waals surface area contributed by atoms with Crippen LogP contribution in [0.5, 0.6) is 0 Å². The Kier molecular flexibility index (Phi) is 15.1. The van der Waals surface area contributed by atoms with E-state index in [9.17, 15) is 15.0 Å². The van der Waals surface area contributed by atoms with E-state index in [1.54, 1.807) is 0 Å². The monoisotopic (exact) mass is 472 g/mol. The number of nitrogens with two attached hydrogens (primary N) is 2. The van der Waals surface area contributed by atoms with Crippen molar-refractivity contribution >= 4 is 11.9 Å². The Morgan fingerprint density at radius 2 is 2.06 bits per heavy atom. The molecule has 0 aromatic carbocycles. The number of rotatable bonds is 14. The molecule has 0 saturated heterocycles. The lowest BCUT2D eigenvalue weighted by Crippen LogP contribution is -2.49. The van der Waals surface area contributed by atoms with E-state index in [0.29, 0.717) is 31.6 Å². The largest absolute Gasteiger partial charge is 0.480 e. The third-order valence-corrected chi connectivity index (χ3v) is 4.80. The molecule has 0 spiro atoms. The lowest BCUT2D eigenvalue weighted by molar-refractivity contribution is -0.263. The van der Waals surface area contributed by atoms with Crippen LogP contribution in [-0.2, 0) is 24.0 Å². The van der Waals surface area contributed by atoms with Crippen LogP contribution in [0.1, 0.15) is 46.0 Å². The van der Waals surface area contributed by atoms with Crippen molar-refractivity contribution in [2.75, 3.05) is 13.7 Å². The molecule has 0 radical (unpaired) electrons. The second-order valence-electron chi connectivity index (χ2n) is 7.38. The van der Waals surface area contributed by atoms with Gasteiger partial charge in [-0.15, -0.1) is 0 Å². The first-order chi connectivity index (χ1) is 15.6. The lowest BCUT2D eigenvalue weighted by atomic mass is 9.86. The third-order valence-electron chi connectivity index (χ3n) is 4.80. The molecule has 12 heteroatoms. The summed E-state index contributed by atoms with van der Waals surface area (Å²) in [7, 11) is 1.44. The van der Waals surface area contributed by atoms with Crippen molar-refractivity contribution in [3.8, 4) is 6.26 Å². The molecule has 0 aromatic rings. The van der Waals surface area contributed by atoms with Gasteiger partial charge in [-0.05, 0) is 25.3 Å². The average molecular weight is 473 g/mol. The molecule has 1 rings (SSSR count). The molecular formula is C21H36N4O8. The van der Waals surface area contributed by atoms with Crippen molar-refractivity contribution < 1.29 is 39.4 Å². The van der Waals surface area contributed by atoms with Crippen LogP contribution in [0.3, 0.4) is 0 Å². The Morgan fingerprint density at radius 3 is 2.58 bits per heavy atom. The number of aliphatic hydroxyl groups is 2. The van der Waals surface area contributed by atoms with Crippen molar-refractivity contribution in [1.82, 2.24) is 0 Å². The molecule has 33 heavy (non-hydrogen) atoms. The molecule has 0 saturated carbocycles.